The molecule has 3 aliphatic carbocycles. The quantitative estimate of drug-likeness (QED) is 0.172. The van der Waals surface area contributed by atoms with E-state index in [1.807, 2.05) is 0 Å². The number of para-hydroxylation sites is 4. The van der Waals surface area contributed by atoms with Crippen molar-refractivity contribution in [2.75, 3.05) is 4.90 Å². The van der Waals surface area contributed by atoms with Crippen LogP contribution in [0.4, 0.5) is 17.1 Å². The summed E-state index contributed by atoms with van der Waals surface area (Å²) in [5.41, 5.74) is 27.1. The fraction of sp³-hybridized carbons (Fsp3) is 0.0563. The van der Waals surface area contributed by atoms with Crippen LogP contribution in [0.3, 0.4) is 0 Å². The molecule has 0 saturated heterocycles. The average Bonchev–Trinajstić information content (AvgIpc) is 4.48. The van der Waals surface area contributed by atoms with E-state index in [4.69, 9.17) is 4.98 Å². The minimum absolute atomic E-state index is 0.188. The molecule has 0 N–H and O–H groups in total. The third-order valence-electron chi connectivity index (χ3n) is 17.4. The summed E-state index contributed by atoms with van der Waals surface area (Å²) in [6.45, 7) is 4.76. The highest BCUT2D eigenvalue weighted by Gasteiger charge is 2.51. The van der Waals surface area contributed by atoms with Gasteiger partial charge < -0.3 is 9.47 Å². The van der Waals surface area contributed by atoms with Gasteiger partial charge in [-0.15, -0.1) is 0 Å². The van der Waals surface area contributed by atoms with Crippen LogP contribution < -0.4 is 4.90 Å². The molecule has 0 radical (unpaired) electrons. The van der Waals surface area contributed by atoms with E-state index in [1.54, 1.807) is 0 Å². The molecule has 17 rings (SSSR count). The Morgan fingerprint density at radius 1 is 0.329 bits per heavy atom. The monoisotopic (exact) mass is 969 g/mol. The number of fused-ring (bicyclic) bond motifs is 21. The number of imidazole rings is 2. The van der Waals surface area contributed by atoms with Crippen LogP contribution in [0.2, 0.25) is 0 Å². The van der Waals surface area contributed by atoms with Gasteiger partial charge in [-0.25, -0.2) is 4.98 Å². The summed E-state index contributed by atoms with van der Waals surface area (Å²) >= 11 is 0. The van der Waals surface area contributed by atoms with Gasteiger partial charge in [-0.05, 0) is 158 Å². The molecule has 3 aromatic heterocycles. The molecule has 0 bridgehead atoms. The normalized spacial score (nSPS) is 14.1. The highest BCUT2D eigenvalue weighted by atomic mass is 15.2. The molecule has 1 spiro atoms. The van der Waals surface area contributed by atoms with E-state index >= 15 is 0 Å². The number of aromatic nitrogens is 4. The number of benzene rings is 11. The summed E-state index contributed by atoms with van der Waals surface area (Å²) in [7, 11) is 0. The van der Waals surface area contributed by atoms with E-state index in [0.29, 0.717) is 0 Å². The van der Waals surface area contributed by atoms with Gasteiger partial charge in [0.05, 0.1) is 38.5 Å². The Kier molecular flexibility index (Phi) is 8.22. The first-order chi connectivity index (χ1) is 37.5. The molecule has 0 unspecified atom stereocenters. The molecule has 5 heteroatoms. The molecule has 0 atom stereocenters. The molecule has 14 aromatic rings. The Bertz CT molecular complexity index is 4750. The van der Waals surface area contributed by atoms with E-state index in [0.717, 1.165) is 56.3 Å². The lowest BCUT2D eigenvalue weighted by molar-refractivity contribution is 0.660. The van der Waals surface area contributed by atoms with Gasteiger partial charge in [-0.3, -0.25) is 8.97 Å². The van der Waals surface area contributed by atoms with Crippen molar-refractivity contribution >= 4 is 66.7 Å². The molecule has 3 aliphatic rings. The third kappa shape index (κ3) is 5.31. The number of hydrogen-bond acceptors (Lipinski definition) is 2. The van der Waals surface area contributed by atoms with Crippen molar-refractivity contribution in [3.05, 3.63) is 282 Å². The van der Waals surface area contributed by atoms with E-state index in [-0.39, 0.29) is 5.41 Å². The zero-order valence-electron chi connectivity index (χ0n) is 41.9. The maximum atomic E-state index is 5.43. The van der Waals surface area contributed by atoms with Crippen molar-refractivity contribution in [1.29, 1.82) is 0 Å². The van der Waals surface area contributed by atoms with Gasteiger partial charge in [0.15, 0.2) is 0 Å². The highest BCUT2D eigenvalue weighted by molar-refractivity contribution is 6.10. The van der Waals surface area contributed by atoms with Crippen molar-refractivity contribution in [3.8, 4) is 44.8 Å². The molecule has 0 amide bonds. The van der Waals surface area contributed by atoms with Crippen molar-refractivity contribution in [2.24, 2.45) is 0 Å². The van der Waals surface area contributed by atoms with Crippen LogP contribution in [0.15, 0.2) is 249 Å². The average molecular weight is 970 g/mol. The number of rotatable bonds is 5. The van der Waals surface area contributed by atoms with Crippen LogP contribution in [0.5, 0.6) is 0 Å². The van der Waals surface area contributed by atoms with E-state index < -0.39 is 5.41 Å². The second-order valence-electron chi connectivity index (χ2n) is 21.5. The van der Waals surface area contributed by atoms with Crippen LogP contribution in [-0.4, -0.2) is 18.5 Å². The lowest BCUT2D eigenvalue weighted by Gasteiger charge is -2.32. The largest absolute Gasteiger partial charge is 0.310 e. The van der Waals surface area contributed by atoms with Crippen LogP contribution in [0, 0.1) is 0 Å². The number of anilines is 3. The molecule has 0 saturated carbocycles. The third-order valence-corrected chi connectivity index (χ3v) is 17.4. The summed E-state index contributed by atoms with van der Waals surface area (Å²) in [4.78, 5) is 7.94. The van der Waals surface area contributed by atoms with Gasteiger partial charge in [0.25, 0.3) is 0 Å². The second-order valence-corrected chi connectivity index (χ2v) is 21.5. The van der Waals surface area contributed by atoms with E-state index in [2.05, 4.69) is 281 Å². The van der Waals surface area contributed by atoms with Crippen molar-refractivity contribution in [1.82, 2.24) is 18.5 Å². The Hall–Kier alpha value is -9.71. The molecule has 5 nitrogen and oxygen atoms in total. The van der Waals surface area contributed by atoms with E-state index in [1.165, 1.54) is 88.6 Å². The Morgan fingerprint density at radius 2 is 0.829 bits per heavy atom. The van der Waals surface area contributed by atoms with Crippen molar-refractivity contribution in [2.45, 2.75) is 24.7 Å². The molecular formula is C71H47N5. The fourth-order valence-electron chi connectivity index (χ4n) is 14.2. The van der Waals surface area contributed by atoms with Crippen LogP contribution >= 0.6 is 0 Å². The van der Waals surface area contributed by atoms with Gasteiger partial charge in [0, 0.05) is 44.6 Å². The zero-order chi connectivity index (χ0) is 50.0. The predicted molar refractivity (Wildman–Crippen MR) is 312 cm³/mol. The predicted octanol–water partition coefficient (Wildman–Crippen LogP) is 17.6. The molecular weight excluding hydrogens is 923 g/mol. The smallest absolute Gasteiger partial charge is 0.220 e. The number of nitrogens with zero attached hydrogens (tertiary/aromatic N) is 5. The van der Waals surface area contributed by atoms with E-state index in [9.17, 15) is 0 Å². The standard InChI is InChI=1S/C71H47N5/c1-70(2)57-25-11-6-20-49(57)53-36-32-46(41-61(53)70)73(47-33-37-54-52-23-9-14-28-60(52)71(62(54)42-47)58-26-12-7-21-50(58)51-22-8-13-27-59(51)71)48-35-39-67-68(43-48)76-66-31-17-15-29-63(66)72-69(76)75(67)45-34-38-65-56(40-45)55-24-10-16-30-64(55)74(65)44-18-4-3-5-19-44/h3-43H,1-2H3. The van der Waals surface area contributed by atoms with Gasteiger partial charge in [0.2, 0.25) is 5.78 Å². The molecule has 3 heterocycles. The summed E-state index contributed by atoms with van der Waals surface area (Å²) in [5.74, 6) is 0.874. The molecule has 0 aliphatic heterocycles. The first-order valence-electron chi connectivity index (χ1n) is 26.5. The Morgan fingerprint density at radius 3 is 1.53 bits per heavy atom. The maximum absolute atomic E-state index is 5.43. The van der Waals surface area contributed by atoms with Crippen LogP contribution in [0.1, 0.15) is 47.2 Å². The molecule has 76 heavy (non-hydrogen) atoms. The maximum Gasteiger partial charge on any atom is 0.220 e. The lowest BCUT2D eigenvalue weighted by atomic mass is 9.70. The zero-order valence-corrected chi connectivity index (χ0v) is 41.9. The van der Waals surface area contributed by atoms with Crippen molar-refractivity contribution < 1.29 is 0 Å². The molecule has 356 valence electrons. The van der Waals surface area contributed by atoms with Gasteiger partial charge in [0.1, 0.15) is 0 Å². The lowest BCUT2D eigenvalue weighted by Crippen LogP contribution is -2.26. The minimum Gasteiger partial charge on any atom is -0.310 e. The summed E-state index contributed by atoms with van der Waals surface area (Å²) < 4.78 is 7.11. The topological polar surface area (TPSA) is 30.4 Å². The minimum atomic E-state index is -0.486. The van der Waals surface area contributed by atoms with Gasteiger partial charge in [-0.1, -0.05) is 172 Å². The number of hydrogen-bond donors (Lipinski definition) is 0. The SMILES string of the molecule is CC1(C)c2ccccc2-c2ccc(N(c3ccc4c(c3)C3(c5ccccc5-c5ccccc53)c3ccccc3-4)c3ccc4c(c3)n3c5ccccc5nc3n4-c3ccc4c(c3)c3ccccc3n4-c3ccccc3)cc21. The highest BCUT2D eigenvalue weighted by Crippen LogP contribution is 2.63. The van der Waals surface area contributed by atoms with Crippen LogP contribution in [0.25, 0.3) is 94.4 Å². The first-order valence-corrected chi connectivity index (χ1v) is 26.5. The summed E-state index contributed by atoms with van der Waals surface area (Å²) in [5, 5.41) is 2.41. The van der Waals surface area contributed by atoms with Gasteiger partial charge >= 0.3 is 0 Å². The van der Waals surface area contributed by atoms with Gasteiger partial charge in [-0.2, -0.15) is 0 Å². The summed E-state index contributed by atoms with van der Waals surface area (Å²) in [6.07, 6.45) is 0. The van der Waals surface area contributed by atoms with Crippen molar-refractivity contribution in [3.63, 3.8) is 0 Å². The molecule has 0 fully saturated rings. The van der Waals surface area contributed by atoms with Crippen LogP contribution in [-0.2, 0) is 10.8 Å². The first kappa shape index (κ1) is 41.7. The Labute approximate surface area is 439 Å². The molecule has 11 aromatic carbocycles. The second kappa shape index (κ2) is 15.0. The Balaban J connectivity index is 0.921. The summed E-state index contributed by atoms with van der Waals surface area (Å²) in [6, 6.07) is 92.6. The fourth-order valence-corrected chi connectivity index (χ4v) is 14.2.